The smallest absolute Gasteiger partial charge is 0.249 e. The maximum absolute atomic E-state index is 14.6. The summed E-state index contributed by atoms with van der Waals surface area (Å²) in [5.74, 6) is -1.69. The van der Waals surface area contributed by atoms with Crippen molar-refractivity contribution in [3.63, 3.8) is 0 Å². The molecule has 2 aliphatic rings. The number of halogens is 1. The lowest BCUT2D eigenvalue weighted by molar-refractivity contribution is -0.142. The van der Waals surface area contributed by atoms with Gasteiger partial charge in [0, 0.05) is 36.4 Å². The average molecular weight is 545 g/mol. The van der Waals surface area contributed by atoms with E-state index in [0.717, 1.165) is 0 Å². The second-order valence-corrected chi connectivity index (χ2v) is 9.27. The summed E-state index contributed by atoms with van der Waals surface area (Å²) in [5.41, 5.74) is 1.48. The van der Waals surface area contributed by atoms with E-state index in [1.54, 1.807) is 25.1 Å². The summed E-state index contributed by atoms with van der Waals surface area (Å²) >= 11 is 0. The van der Waals surface area contributed by atoms with Gasteiger partial charge in [-0.1, -0.05) is 18.2 Å². The van der Waals surface area contributed by atoms with Crippen molar-refractivity contribution in [1.82, 2.24) is 10.2 Å². The van der Waals surface area contributed by atoms with Crippen LogP contribution < -0.4 is 14.8 Å². The monoisotopic (exact) mass is 544 g/mol. The molecule has 1 aliphatic heterocycles. The highest BCUT2D eigenvalue weighted by Gasteiger charge is 2.51. The van der Waals surface area contributed by atoms with E-state index in [1.807, 2.05) is 0 Å². The minimum absolute atomic E-state index is 0.0172. The molecule has 0 saturated heterocycles. The highest BCUT2D eigenvalue weighted by Crippen LogP contribution is 2.51. The largest absolute Gasteiger partial charge is 0.493 e. The molecule has 2 amide bonds. The van der Waals surface area contributed by atoms with E-state index in [1.165, 1.54) is 36.3 Å². The molecule has 2 aromatic carbocycles. The lowest BCUT2D eigenvalue weighted by Crippen LogP contribution is -2.56. The van der Waals surface area contributed by atoms with E-state index in [2.05, 4.69) is 5.32 Å². The number of nitrogens with one attached hydrogen (secondary N) is 1. The number of hydrogen-bond acceptors (Lipinski definition) is 8. The van der Waals surface area contributed by atoms with E-state index in [0.29, 0.717) is 22.6 Å². The number of ether oxygens (including phenoxy) is 3. The number of aliphatic hydroxyl groups excluding tert-OH is 3. The van der Waals surface area contributed by atoms with Crippen LogP contribution in [-0.4, -0.2) is 83.8 Å². The molecule has 4 unspecified atom stereocenters. The first kappa shape index (κ1) is 28.5. The standard InChI is InChI=1S/C28H33FN2O8/c1-3-38-15-23(34)31(13-17-6-4-5-7-20(17)29)21-12-19(28(36)30-8-9-32)24-18-10-16(14-33)11-22(37-2)26(18)39-27(24)25(21)35/h4-7,10-12,21,24-25,27,32-33,35H,3,8-9,13-15H2,1-2H3,(H,30,36). The molecular formula is C28H33FN2O8. The van der Waals surface area contributed by atoms with Crippen LogP contribution in [0.5, 0.6) is 11.5 Å². The van der Waals surface area contributed by atoms with Gasteiger partial charge in [0.2, 0.25) is 11.8 Å². The van der Waals surface area contributed by atoms with Gasteiger partial charge < -0.3 is 39.7 Å². The summed E-state index contributed by atoms with van der Waals surface area (Å²) in [6, 6.07) is 8.20. The van der Waals surface area contributed by atoms with Gasteiger partial charge in [-0.15, -0.1) is 0 Å². The fourth-order valence-electron chi connectivity index (χ4n) is 5.06. The predicted octanol–water partition coefficient (Wildman–Crippen LogP) is 1.01. The first-order chi connectivity index (χ1) is 18.8. The maximum atomic E-state index is 14.6. The minimum atomic E-state index is -1.32. The van der Waals surface area contributed by atoms with Gasteiger partial charge in [0.05, 0.1) is 32.3 Å². The van der Waals surface area contributed by atoms with E-state index in [4.69, 9.17) is 14.2 Å². The van der Waals surface area contributed by atoms with Crippen LogP contribution in [0.3, 0.4) is 0 Å². The molecule has 0 aromatic heterocycles. The van der Waals surface area contributed by atoms with Crippen LogP contribution >= 0.6 is 0 Å². The zero-order chi connectivity index (χ0) is 28.1. The first-order valence-corrected chi connectivity index (χ1v) is 12.7. The molecule has 210 valence electrons. The van der Waals surface area contributed by atoms with Crippen LogP contribution in [0.25, 0.3) is 0 Å². The molecular weight excluding hydrogens is 511 g/mol. The topological polar surface area (TPSA) is 138 Å². The zero-order valence-electron chi connectivity index (χ0n) is 21.8. The van der Waals surface area contributed by atoms with E-state index in [9.17, 15) is 29.3 Å². The molecule has 1 aliphatic carbocycles. The normalized spacial score (nSPS) is 21.3. The molecule has 0 fully saturated rings. The van der Waals surface area contributed by atoms with E-state index < -0.39 is 41.8 Å². The Kier molecular flexibility index (Phi) is 9.18. The molecule has 0 spiro atoms. The summed E-state index contributed by atoms with van der Waals surface area (Å²) in [7, 11) is 1.44. The van der Waals surface area contributed by atoms with E-state index >= 15 is 0 Å². The molecule has 11 heteroatoms. The van der Waals surface area contributed by atoms with Crippen molar-refractivity contribution >= 4 is 11.8 Å². The second-order valence-electron chi connectivity index (χ2n) is 9.27. The van der Waals surface area contributed by atoms with Crippen LogP contribution in [0.15, 0.2) is 48.0 Å². The fraction of sp³-hybridized carbons (Fsp3) is 0.429. The number of rotatable bonds is 11. The van der Waals surface area contributed by atoms with Crippen LogP contribution in [0.1, 0.15) is 29.5 Å². The number of fused-ring (bicyclic) bond motifs is 3. The average Bonchev–Trinajstić information content (AvgIpc) is 3.34. The van der Waals surface area contributed by atoms with Crippen LogP contribution in [0.4, 0.5) is 4.39 Å². The van der Waals surface area contributed by atoms with Gasteiger partial charge in [-0.05, 0) is 36.8 Å². The van der Waals surface area contributed by atoms with Gasteiger partial charge in [-0.3, -0.25) is 9.59 Å². The van der Waals surface area contributed by atoms with Gasteiger partial charge in [0.1, 0.15) is 24.6 Å². The van der Waals surface area contributed by atoms with Crippen LogP contribution in [0, 0.1) is 5.82 Å². The quantitative estimate of drug-likeness (QED) is 0.329. The molecule has 39 heavy (non-hydrogen) atoms. The van der Waals surface area contributed by atoms with Crippen LogP contribution in [0.2, 0.25) is 0 Å². The highest BCUT2D eigenvalue weighted by molar-refractivity contribution is 5.96. The lowest BCUT2D eigenvalue weighted by atomic mass is 9.77. The van der Waals surface area contributed by atoms with Crippen molar-refractivity contribution in [2.45, 2.75) is 44.2 Å². The van der Waals surface area contributed by atoms with Crippen molar-refractivity contribution in [2.75, 3.05) is 33.5 Å². The summed E-state index contributed by atoms with van der Waals surface area (Å²) < 4.78 is 31.6. The highest BCUT2D eigenvalue weighted by atomic mass is 19.1. The first-order valence-electron chi connectivity index (χ1n) is 12.7. The number of aliphatic hydroxyl groups is 3. The molecule has 4 rings (SSSR count). The SMILES string of the molecule is CCOCC(=O)N(Cc1ccccc1F)C1C=C(C(=O)NCCO)C2c3cc(CO)cc(OC)c3OC2C1O. The minimum Gasteiger partial charge on any atom is -0.493 e. The Morgan fingerprint density at radius 1 is 1.21 bits per heavy atom. The van der Waals surface area contributed by atoms with Gasteiger partial charge >= 0.3 is 0 Å². The van der Waals surface area contributed by atoms with E-state index in [-0.39, 0.29) is 50.7 Å². The Morgan fingerprint density at radius 3 is 2.64 bits per heavy atom. The van der Waals surface area contributed by atoms with Crippen molar-refractivity contribution in [3.05, 3.63) is 70.6 Å². The Balaban J connectivity index is 1.82. The number of carbonyl (C=O) groups excluding carboxylic acids is 2. The molecule has 10 nitrogen and oxygen atoms in total. The van der Waals surface area contributed by atoms with Crippen LogP contribution in [-0.2, 0) is 27.5 Å². The third kappa shape index (κ3) is 5.76. The Morgan fingerprint density at radius 2 is 1.97 bits per heavy atom. The van der Waals surface area contributed by atoms with Crippen molar-refractivity contribution in [3.8, 4) is 11.5 Å². The number of amides is 2. The number of nitrogens with zero attached hydrogens (tertiary/aromatic N) is 1. The fourth-order valence-corrected chi connectivity index (χ4v) is 5.06. The summed E-state index contributed by atoms with van der Waals surface area (Å²) in [5, 5.41) is 33.3. The molecule has 0 radical (unpaired) electrons. The molecule has 2 aromatic rings. The van der Waals surface area contributed by atoms with Crippen molar-refractivity contribution in [1.29, 1.82) is 0 Å². The number of carbonyl (C=O) groups is 2. The maximum Gasteiger partial charge on any atom is 0.249 e. The number of methoxy groups -OCH3 is 1. The molecule has 0 saturated carbocycles. The van der Waals surface area contributed by atoms with Gasteiger partial charge in [-0.25, -0.2) is 4.39 Å². The summed E-state index contributed by atoms with van der Waals surface area (Å²) in [6.45, 7) is 0.909. The zero-order valence-corrected chi connectivity index (χ0v) is 21.8. The number of benzene rings is 2. The Bertz CT molecular complexity index is 1240. The lowest BCUT2D eigenvalue weighted by Gasteiger charge is -2.40. The third-order valence-corrected chi connectivity index (χ3v) is 6.90. The molecule has 4 N–H and O–H groups in total. The van der Waals surface area contributed by atoms with Gasteiger partial charge in [0.15, 0.2) is 11.5 Å². The van der Waals surface area contributed by atoms with Crippen molar-refractivity contribution in [2.24, 2.45) is 0 Å². The third-order valence-electron chi connectivity index (χ3n) is 6.90. The van der Waals surface area contributed by atoms with Gasteiger partial charge in [0.25, 0.3) is 0 Å². The predicted molar refractivity (Wildman–Crippen MR) is 137 cm³/mol. The molecule has 4 atom stereocenters. The Hall–Kier alpha value is -3.51. The second kappa shape index (κ2) is 12.6. The summed E-state index contributed by atoms with van der Waals surface area (Å²) in [6.07, 6.45) is -0.841. The summed E-state index contributed by atoms with van der Waals surface area (Å²) in [4.78, 5) is 27.9. The molecule has 1 heterocycles. The van der Waals surface area contributed by atoms with Gasteiger partial charge in [-0.2, -0.15) is 0 Å². The molecule has 0 bridgehead atoms. The van der Waals surface area contributed by atoms with Crippen molar-refractivity contribution < 1.29 is 43.5 Å². The number of hydrogen-bond donors (Lipinski definition) is 4. The Labute approximate surface area is 225 Å².